The van der Waals surface area contributed by atoms with Gasteiger partial charge in [-0.1, -0.05) is 59.3 Å². The highest BCUT2D eigenvalue weighted by Crippen LogP contribution is 2.35. The number of amides is 1. The highest BCUT2D eigenvalue weighted by Gasteiger charge is 2.35. The van der Waals surface area contributed by atoms with Crippen LogP contribution in [0.15, 0.2) is 59.1 Å². The zero-order valence-corrected chi connectivity index (χ0v) is 16.5. The summed E-state index contributed by atoms with van der Waals surface area (Å²) in [6.45, 7) is 2.66. The monoisotopic (exact) mass is 395 g/mol. The van der Waals surface area contributed by atoms with Crippen LogP contribution in [0.3, 0.4) is 0 Å². The summed E-state index contributed by atoms with van der Waals surface area (Å²) in [6.07, 6.45) is 2.74. The number of carbonyl (C=O) groups is 1. The van der Waals surface area contributed by atoms with Gasteiger partial charge in [0.15, 0.2) is 0 Å². The Hall–Kier alpha value is -2.66. The molecule has 144 valence electrons. The van der Waals surface area contributed by atoms with Gasteiger partial charge in [-0.15, -0.1) is 11.6 Å². The van der Waals surface area contributed by atoms with Crippen LogP contribution in [-0.2, 0) is 4.79 Å². The Morgan fingerprint density at radius 3 is 2.79 bits per heavy atom. The van der Waals surface area contributed by atoms with Crippen LogP contribution < -0.4 is 0 Å². The molecule has 3 aromatic rings. The molecular weight excluding hydrogens is 374 g/mol. The summed E-state index contributed by atoms with van der Waals surface area (Å²) in [5, 5.41) is 3.42. The van der Waals surface area contributed by atoms with Crippen molar-refractivity contribution in [3.63, 3.8) is 0 Å². The van der Waals surface area contributed by atoms with Gasteiger partial charge in [-0.2, -0.15) is 4.98 Å². The number of likely N-dealkylation sites (tertiary alicyclic amines) is 1. The van der Waals surface area contributed by atoms with Crippen LogP contribution in [0.2, 0.25) is 0 Å². The molecule has 1 aromatic heterocycles. The molecule has 0 bridgehead atoms. The van der Waals surface area contributed by atoms with Gasteiger partial charge in [-0.05, 0) is 37.8 Å². The number of benzene rings is 2. The van der Waals surface area contributed by atoms with Crippen LogP contribution in [0.1, 0.15) is 47.7 Å². The number of alkyl halides is 1. The molecule has 2 heterocycles. The summed E-state index contributed by atoms with van der Waals surface area (Å²) in [7, 11) is 0. The minimum atomic E-state index is -0.721. The molecule has 0 radical (unpaired) electrons. The molecule has 2 atom stereocenters. The zero-order chi connectivity index (χ0) is 19.5. The van der Waals surface area contributed by atoms with Crippen molar-refractivity contribution in [2.24, 2.45) is 0 Å². The zero-order valence-electron chi connectivity index (χ0n) is 15.7. The number of halogens is 1. The Labute approximate surface area is 169 Å². The van der Waals surface area contributed by atoms with Crippen molar-refractivity contribution >= 4 is 17.5 Å². The molecule has 0 unspecified atom stereocenters. The lowest BCUT2D eigenvalue weighted by atomic mass is 10.0. The normalized spacial score (nSPS) is 18.1. The first kappa shape index (κ1) is 18.7. The first-order valence-electron chi connectivity index (χ1n) is 9.53. The molecule has 1 amide bonds. The summed E-state index contributed by atoms with van der Waals surface area (Å²) in [6, 6.07) is 17.2. The Morgan fingerprint density at radius 1 is 1.18 bits per heavy atom. The van der Waals surface area contributed by atoms with Crippen LogP contribution in [-0.4, -0.2) is 27.5 Å². The number of carbonyl (C=O) groups excluding carboxylic acids is 1. The number of aryl methyl sites for hydroxylation is 1. The summed E-state index contributed by atoms with van der Waals surface area (Å²) >= 11 is 6.50. The Balaban J connectivity index is 1.58. The molecule has 0 spiro atoms. The lowest BCUT2D eigenvalue weighted by molar-refractivity contribution is -0.135. The Morgan fingerprint density at radius 2 is 2.00 bits per heavy atom. The number of rotatable bonds is 4. The third-order valence-electron chi connectivity index (χ3n) is 5.10. The highest BCUT2D eigenvalue weighted by atomic mass is 35.5. The average Bonchev–Trinajstić information content (AvgIpc) is 3.23. The van der Waals surface area contributed by atoms with E-state index in [0.717, 1.165) is 36.0 Å². The largest absolute Gasteiger partial charge is 0.337 e. The quantitative estimate of drug-likeness (QED) is 0.578. The van der Waals surface area contributed by atoms with Crippen molar-refractivity contribution in [1.29, 1.82) is 0 Å². The Bertz CT molecular complexity index is 957. The van der Waals surface area contributed by atoms with Gasteiger partial charge in [0.25, 0.3) is 0 Å². The molecule has 2 aromatic carbocycles. The van der Waals surface area contributed by atoms with E-state index in [1.807, 2.05) is 61.5 Å². The van der Waals surface area contributed by atoms with Crippen LogP contribution in [0.5, 0.6) is 0 Å². The van der Waals surface area contributed by atoms with E-state index in [-0.39, 0.29) is 11.9 Å². The minimum Gasteiger partial charge on any atom is -0.337 e. The maximum absolute atomic E-state index is 13.1. The fourth-order valence-electron chi connectivity index (χ4n) is 3.63. The first-order chi connectivity index (χ1) is 13.6. The van der Waals surface area contributed by atoms with Crippen LogP contribution in [0.4, 0.5) is 0 Å². The van der Waals surface area contributed by atoms with Crippen molar-refractivity contribution in [1.82, 2.24) is 15.0 Å². The first-order valence-corrected chi connectivity index (χ1v) is 9.97. The number of piperidine rings is 1. The van der Waals surface area contributed by atoms with Gasteiger partial charge in [0.2, 0.25) is 17.6 Å². The standard InChI is InChI=1S/C22H22ClN3O2/c1-15-8-7-11-17(14-15)20-24-21(28-25-20)18-12-5-6-13-26(18)22(27)19(23)16-9-3-2-4-10-16/h2-4,7-11,14,18-19H,5-6,12-13H2,1H3/t18-,19+/m0/s1. The van der Waals surface area contributed by atoms with Gasteiger partial charge >= 0.3 is 0 Å². The molecule has 0 N–H and O–H groups in total. The average molecular weight is 396 g/mol. The third-order valence-corrected chi connectivity index (χ3v) is 5.54. The summed E-state index contributed by atoms with van der Waals surface area (Å²) in [5.41, 5.74) is 2.83. The van der Waals surface area contributed by atoms with Gasteiger partial charge in [0.1, 0.15) is 11.4 Å². The van der Waals surface area contributed by atoms with Crippen molar-refractivity contribution in [3.05, 3.63) is 71.6 Å². The molecule has 28 heavy (non-hydrogen) atoms. The molecule has 5 nitrogen and oxygen atoms in total. The van der Waals surface area contributed by atoms with Crippen molar-refractivity contribution in [2.45, 2.75) is 37.6 Å². The van der Waals surface area contributed by atoms with Crippen molar-refractivity contribution in [3.8, 4) is 11.4 Å². The second-order valence-corrected chi connectivity index (χ2v) is 7.58. The molecule has 4 rings (SSSR count). The minimum absolute atomic E-state index is 0.118. The predicted molar refractivity (Wildman–Crippen MR) is 108 cm³/mol. The van der Waals surface area contributed by atoms with E-state index in [9.17, 15) is 4.79 Å². The number of aromatic nitrogens is 2. The van der Waals surface area contributed by atoms with E-state index < -0.39 is 5.38 Å². The maximum Gasteiger partial charge on any atom is 0.249 e. The molecule has 0 saturated carbocycles. The predicted octanol–water partition coefficient (Wildman–Crippen LogP) is 5.08. The molecular formula is C22H22ClN3O2. The number of nitrogens with zero attached hydrogens (tertiary/aromatic N) is 3. The molecule has 1 aliphatic heterocycles. The number of hydrogen-bond donors (Lipinski definition) is 0. The lowest BCUT2D eigenvalue weighted by Gasteiger charge is -2.34. The second kappa shape index (κ2) is 8.15. The van der Waals surface area contributed by atoms with Gasteiger partial charge in [0, 0.05) is 12.1 Å². The van der Waals surface area contributed by atoms with E-state index in [2.05, 4.69) is 10.1 Å². The third kappa shape index (κ3) is 3.80. The second-order valence-electron chi connectivity index (χ2n) is 7.14. The van der Waals surface area contributed by atoms with E-state index in [1.54, 1.807) is 4.90 Å². The van der Waals surface area contributed by atoms with E-state index in [1.165, 1.54) is 0 Å². The van der Waals surface area contributed by atoms with E-state index >= 15 is 0 Å². The molecule has 0 aliphatic carbocycles. The molecule has 1 fully saturated rings. The van der Waals surface area contributed by atoms with Gasteiger partial charge in [0.05, 0.1) is 0 Å². The van der Waals surface area contributed by atoms with Crippen LogP contribution in [0, 0.1) is 6.92 Å². The summed E-state index contributed by atoms with van der Waals surface area (Å²) in [5.74, 6) is 0.900. The van der Waals surface area contributed by atoms with Crippen LogP contribution >= 0.6 is 11.6 Å². The summed E-state index contributed by atoms with van der Waals surface area (Å²) < 4.78 is 5.57. The highest BCUT2D eigenvalue weighted by molar-refractivity contribution is 6.30. The SMILES string of the molecule is Cc1cccc(-c2noc([C@@H]3CCCCN3C(=O)[C@H](Cl)c3ccccc3)n2)c1. The van der Waals surface area contributed by atoms with Crippen LogP contribution in [0.25, 0.3) is 11.4 Å². The van der Waals surface area contributed by atoms with Crippen molar-refractivity contribution in [2.75, 3.05) is 6.54 Å². The van der Waals surface area contributed by atoms with Gasteiger partial charge in [-0.3, -0.25) is 4.79 Å². The maximum atomic E-state index is 13.1. The van der Waals surface area contributed by atoms with Gasteiger partial charge < -0.3 is 9.42 Å². The number of hydrogen-bond acceptors (Lipinski definition) is 4. The van der Waals surface area contributed by atoms with E-state index in [4.69, 9.17) is 16.1 Å². The van der Waals surface area contributed by atoms with Gasteiger partial charge in [-0.25, -0.2) is 0 Å². The fourth-order valence-corrected chi connectivity index (χ4v) is 3.91. The lowest BCUT2D eigenvalue weighted by Crippen LogP contribution is -2.40. The smallest absolute Gasteiger partial charge is 0.249 e. The van der Waals surface area contributed by atoms with Crippen molar-refractivity contribution < 1.29 is 9.32 Å². The topological polar surface area (TPSA) is 59.2 Å². The molecule has 1 saturated heterocycles. The summed E-state index contributed by atoms with van der Waals surface area (Å²) in [4.78, 5) is 19.5. The molecule has 6 heteroatoms. The molecule has 1 aliphatic rings. The van der Waals surface area contributed by atoms with E-state index in [0.29, 0.717) is 18.3 Å². The fraction of sp³-hybridized carbons (Fsp3) is 0.318. The Kier molecular flexibility index (Phi) is 5.44.